The smallest absolute Gasteiger partial charge is 0.204 e. The lowest BCUT2D eigenvalue weighted by atomic mass is 10.4. The number of hydrogen-bond acceptors (Lipinski definition) is 5. The summed E-state index contributed by atoms with van der Waals surface area (Å²) < 4.78 is 0. The Kier molecular flexibility index (Phi) is 6.58. The van der Waals surface area contributed by atoms with Crippen molar-refractivity contribution in [3.8, 4) is 6.19 Å². The van der Waals surface area contributed by atoms with Gasteiger partial charge >= 0.3 is 0 Å². The van der Waals surface area contributed by atoms with Gasteiger partial charge in [0.25, 0.3) is 0 Å². The van der Waals surface area contributed by atoms with Crippen molar-refractivity contribution >= 4 is 17.7 Å². The second-order valence-corrected chi connectivity index (χ2v) is 4.54. The van der Waals surface area contributed by atoms with Gasteiger partial charge in [-0.25, -0.2) is 9.97 Å². The Morgan fingerprint density at radius 2 is 2.39 bits per heavy atom. The first-order chi connectivity index (χ1) is 8.76. The third-order valence-corrected chi connectivity index (χ3v) is 3.04. The minimum absolute atomic E-state index is 0.496. The van der Waals surface area contributed by atoms with E-state index in [4.69, 9.17) is 5.26 Å². The van der Waals surface area contributed by atoms with Crippen LogP contribution >= 0.6 is 11.8 Å². The summed E-state index contributed by atoms with van der Waals surface area (Å²) >= 11 is 1.77. The second-order valence-electron chi connectivity index (χ2n) is 3.44. The topological polar surface area (TPSA) is 86.0 Å². The highest BCUT2D eigenvalue weighted by Crippen LogP contribution is 2.08. The van der Waals surface area contributed by atoms with Gasteiger partial charge in [0.05, 0.1) is 5.69 Å². The monoisotopic (exact) mass is 264 g/mol. The molecule has 0 aliphatic heterocycles. The van der Waals surface area contributed by atoms with Crippen LogP contribution in [0.3, 0.4) is 0 Å². The number of nitrogens with zero attached hydrogens (tertiary/aromatic N) is 4. The summed E-state index contributed by atoms with van der Waals surface area (Å²) in [5.41, 5.74) is 2.02. The van der Waals surface area contributed by atoms with Gasteiger partial charge in [0.1, 0.15) is 6.33 Å². The summed E-state index contributed by atoms with van der Waals surface area (Å²) in [4.78, 5) is 12.1. The third-order valence-electron chi connectivity index (χ3n) is 2.05. The Balaban J connectivity index is 2.18. The van der Waals surface area contributed by atoms with Crippen LogP contribution < -0.4 is 10.6 Å². The molecule has 1 aromatic heterocycles. The van der Waals surface area contributed by atoms with E-state index >= 15 is 0 Å². The Morgan fingerprint density at radius 1 is 1.56 bits per heavy atom. The first-order valence-electron chi connectivity index (χ1n) is 5.47. The van der Waals surface area contributed by atoms with E-state index in [1.54, 1.807) is 25.1 Å². The van der Waals surface area contributed by atoms with E-state index in [0.29, 0.717) is 5.96 Å². The molecule has 7 heteroatoms. The Labute approximate surface area is 111 Å². The zero-order valence-corrected chi connectivity index (χ0v) is 11.3. The fourth-order valence-electron chi connectivity index (χ4n) is 1.24. The second kappa shape index (κ2) is 8.31. The first kappa shape index (κ1) is 14.3. The van der Waals surface area contributed by atoms with Crippen LogP contribution in [0.25, 0.3) is 0 Å². The molecule has 0 saturated carbocycles. The summed E-state index contributed by atoms with van der Waals surface area (Å²) in [6, 6.07) is 1.98. The van der Waals surface area contributed by atoms with E-state index < -0.39 is 0 Å². The van der Waals surface area contributed by atoms with Crippen LogP contribution in [0.2, 0.25) is 0 Å². The van der Waals surface area contributed by atoms with Crippen molar-refractivity contribution in [2.24, 2.45) is 4.99 Å². The molecule has 0 atom stereocenters. The number of nitriles is 1. The molecular formula is C11H16N6S. The molecule has 1 rings (SSSR count). The maximum Gasteiger partial charge on any atom is 0.204 e. The van der Waals surface area contributed by atoms with Gasteiger partial charge in [0.2, 0.25) is 5.96 Å². The Hall–Kier alpha value is -1.81. The van der Waals surface area contributed by atoms with Gasteiger partial charge in [-0.1, -0.05) is 0 Å². The van der Waals surface area contributed by atoms with Gasteiger partial charge in [0, 0.05) is 30.8 Å². The van der Waals surface area contributed by atoms with Gasteiger partial charge in [-0.15, -0.1) is 0 Å². The normalized spacial score (nSPS) is 10.8. The highest BCUT2D eigenvalue weighted by Gasteiger charge is 1.98. The molecule has 1 heterocycles. The standard InChI is InChI=1S/C11H16N6S/c1-9-5-10(17-8-16-9)6-18-4-3-14-11(13-2)15-7-12/h5,8H,3-4,6H2,1-2H3,(H2,13,14,15). The van der Waals surface area contributed by atoms with Crippen molar-refractivity contribution < 1.29 is 0 Å². The molecule has 96 valence electrons. The van der Waals surface area contributed by atoms with Gasteiger partial charge in [0.15, 0.2) is 6.19 Å². The zero-order valence-electron chi connectivity index (χ0n) is 10.5. The molecule has 18 heavy (non-hydrogen) atoms. The molecule has 0 saturated heterocycles. The zero-order chi connectivity index (χ0) is 13.2. The summed E-state index contributed by atoms with van der Waals surface area (Å²) in [5.74, 6) is 2.26. The van der Waals surface area contributed by atoms with Gasteiger partial charge in [-0.05, 0) is 13.0 Å². The van der Waals surface area contributed by atoms with Crippen molar-refractivity contribution in [3.63, 3.8) is 0 Å². The van der Waals surface area contributed by atoms with Gasteiger partial charge in [-0.2, -0.15) is 17.0 Å². The van der Waals surface area contributed by atoms with E-state index in [1.165, 1.54) is 0 Å². The van der Waals surface area contributed by atoms with E-state index in [0.717, 1.165) is 29.4 Å². The van der Waals surface area contributed by atoms with Crippen LogP contribution in [-0.2, 0) is 5.75 Å². The maximum absolute atomic E-state index is 8.44. The Morgan fingerprint density at radius 3 is 3.06 bits per heavy atom. The van der Waals surface area contributed by atoms with Crippen molar-refractivity contribution in [1.29, 1.82) is 5.26 Å². The van der Waals surface area contributed by atoms with Crippen LogP contribution in [0, 0.1) is 18.4 Å². The van der Waals surface area contributed by atoms with Gasteiger partial charge in [-0.3, -0.25) is 10.3 Å². The van der Waals surface area contributed by atoms with Crippen molar-refractivity contribution in [2.75, 3.05) is 19.3 Å². The summed E-state index contributed by atoms with van der Waals surface area (Å²) in [7, 11) is 1.63. The molecule has 0 radical (unpaired) electrons. The number of aryl methyl sites for hydroxylation is 1. The molecule has 6 nitrogen and oxygen atoms in total. The SMILES string of the molecule is CN=C(NC#N)NCCSCc1cc(C)ncn1. The van der Waals surface area contributed by atoms with Crippen molar-refractivity contribution in [2.45, 2.75) is 12.7 Å². The highest BCUT2D eigenvalue weighted by molar-refractivity contribution is 7.98. The molecule has 0 unspecified atom stereocenters. The number of aromatic nitrogens is 2. The van der Waals surface area contributed by atoms with Crippen LogP contribution in [0.4, 0.5) is 0 Å². The fraction of sp³-hybridized carbons (Fsp3) is 0.455. The largest absolute Gasteiger partial charge is 0.355 e. The van der Waals surface area contributed by atoms with Crippen molar-refractivity contribution in [1.82, 2.24) is 20.6 Å². The number of guanidine groups is 1. The molecule has 0 spiro atoms. The summed E-state index contributed by atoms with van der Waals surface area (Å²) in [6.07, 6.45) is 3.41. The lowest BCUT2D eigenvalue weighted by Crippen LogP contribution is -2.35. The number of rotatable bonds is 5. The predicted octanol–water partition coefficient (Wildman–Crippen LogP) is 0.664. The van der Waals surface area contributed by atoms with Crippen LogP contribution in [0.15, 0.2) is 17.4 Å². The van der Waals surface area contributed by atoms with E-state index in [9.17, 15) is 0 Å². The van der Waals surface area contributed by atoms with Crippen LogP contribution in [0.1, 0.15) is 11.4 Å². The number of aliphatic imine (C=N–C) groups is 1. The van der Waals surface area contributed by atoms with Gasteiger partial charge < -0.3 is 5.32 Å². The lowest BCUT2D eigenvalue weighted by molar-refractivity contribution is 0.930. The molecule has 0 aliphatic rings. The maximum atomic E-state index is 8.44. The highest BCUT2D eigenvalue weighted by atomic mass is 32.2. The first-order valence-corrected chi connectivity index (χ1v) is 6.62. The average Bonchev–Trinajstić information content (AvgIpc) is 2.37. The number of nitrogens with one attached hydrogen (secondary N) is 2. The predicted molar refractivity (Wildman–Crippen MR) is 73.0 cm³/mol. The van der Waals surface area contributed by atoms with Crippen LogP contribution in [-0.4, -0.2) is 35.3 Å². The molecule has 2 N–H and O–H groups in total. The summed E-state index contributed by atoms with van der Waals surface area (Å²) in [6.45, 7) is 2.70. The molecule has 0 aromatic carbocycles. The summed E-state index contributed by atoms with van der Waals surface area (Å²) in [5, 5.41) is 13.9. The lowest BCUT2D eigenvalue weighted by Gasteiger charge is -2.06. The molecular weight excluding hydrogens is 248 g/mol. The van der Waals surface area contributed by atoms with E-state index in [2.05, 4.69) is 25.6 Å². The van der Waals surface area contributed by atoms with Crippen molar-refractivity contribution in [3.05, 3.63) is 23.8 Å². The fourth-order valence-corrected chi connectivity index (χ4v) is 2.00. The minimum atomic E-state index is 0.496. The quantitative estimate of drug-likeness (QED) is 0.267. The van der Waals surface area contributed by atoms with Crippen LogP contribution in [0.5, 0.6) is 0 Å². The molecule has 0 fully saturated rings. The minimum Gasteiger partial charge on any atom is -0.355 e. The van der Waals surface area contributed by atoms with E-state index in [1.807, 2.05) is 19.2 Å². The molecule has 1 aromatic rings. The molecule has 0 bridgehead atoms. The molecule has 0 aliphatic carbocycles. The van der Waals surface area contributed by atoms with E-state index in [-0.39, 0.29) is 0 Å². The number of thioether (sulfide) groups is 1. The molecule has 0 amide bonds. The Bertz CT molecular complexity index is 439. The average molecular weight is 264 g/mol. The third kappa shape index (κ3) is 5.50. The number of hydrogen-bond donors (Lipinski definition) is 2.